The number of nitrogens with one attached hydrogen (secondary N) is 1. The molecule has 0 spiro atoms. The van der Waals surface area contributed by atoms with Crippen molar-refractivity contribution in [3.63, 3.8) is 0 Å². The molecule has 1 atom stereocenters. The van der Waals surface area contributed by atoms with Gasteiger partial charge in [0.05, 0.1) is 0 Å². The van der Waals surface area contributed by atoms with E-state index in [1.165, 1.54) is 34.6 Å². The standard InChI is InChI=1S/C19H27NS/c1-15(2)8-7-9-16(3)20-14-18-12-13-19(21-18)17-10-5-4-6-11-17/h4-6,10-13,15-16,20H,7-9,14H2,1-3H3. The summed E-state index contributed by atoms with van der Waals surface area (Å²) in [6.07, 6.45) is 3.93. The van der Waals surface area contributed by atoms with Gasteiger partial charge in [-0.15, -0.1) is 11.3 Å². The predicted octanol–water partition coefficient (Wildman–Crippen LogP) is 5.72. The largest absolute Gasteiger partial charge is 0.309 e. The Morgan fingerprint density at radius 2 is 1.71 bits per heavy atom. The lowest BCUT2D eigenvalue weighted by atomic mass is 10.0. The van der Waals surface area contributed by atoms with Gasteiger partial charge in [-0.2, -0.15) is 0 Å². The van der Waals surface area contributed by atoms with E-state index in [4.69, 9.17) is 0 Å². The SMILES string of the molecule is CC(C)CCCC(C)NCc1ccc(-c2ccccc2)s1. The van der Waals surface area contributed by atoms with Crippen LogP contribution in [0.2, 0.25) is 0 Å². The number of thiophene rings is 1. The van der Waals surface area contributed by atoms with Gasteiger partial charge in [-0.25, -0.2) is 0 Å². The fraction of sp³-hybridized carbons (Fsp3) is 0.474. The first-order valence-corrected chi connectivity index (χ1v) is 8.84. The van der Waals surface area contributed by atoms with Crippen molar-refractivity contribution >= 4 is 11.3 Å². The lowest BCUT2D eigenvalue weighted by Crippen LogP contribution is -2.24. The Morgan fingerprint density at radius 1 is 0.952 bits per heavy atom. The molecule has 1 unspecified atom stereocenters. The summed E-state index contributed by atoms with van der Waals surface area (Å²) in [5.41, 5.74) is 1.32. The summed E-state index contributed by atoms with van der Waals surface area (Å²) in [6, 6.07) is 15.7. The molecule has 1 aromatic carbocycles. The van der Waals surface area contributed by atoms with Crippen LogP contribution in [0.25, 0.3) is 10.4 Å². The van der Waals surface area contributed by atoms with E-state index in [2.05, 4.69) is 68.6 Å². The molecule has 0 saturated carbocycles. The Morgan fingerprint density at radius 3 is 2.43 bits per heavy atom. The fourth-order valence-corrected chi connectivity index (χ4v) is 3.40. The van der Waals surface area contributed by atoms with Gasteiger partial charge in [0, 0.05) is 22.3 Å². The van der Waals surface area contributed by atoms with Crippen LogP contribution in [0.4, 0.5) is 0 Å². The molecule has 0 aliphatic carbocycles. The van der Waals surface area contributed by atoms with Crippen molar-refractivity contribution in [2.75, 3.05) is 0 Å². The van der Waals surface area contributed by atoms with Crippen molar-refractivity contribution in [3.8, 4) is 10.4 Å². The van der Waals surface area contributed by atoms with Crippen molar-refractivity contribution in [2.45, 2.75) is 52.6 Å². The molecule has 1 aromatic heterocycles. The molecule has 1 N–H and O–H groups in total. The zero-order valence-corrected chi connectivity index (χ0v) is 14.2. The van der Waals surface area contributed by atoms with Crippen LogP contribution >= 0.6 is 11.3 Å². The molecule has 21 heavy (non-hydrogen) atoms. The van der Waals surface area contributed by atoms with E-state index in [0.29, 0.717) is 6.04 Å². The normalized spacial score (nSPS) is 12.8. The minimum Gasteiger partial charge on any atom is -0.309 e. The zero-order valence-electron chi connectivity index (χ0n) is 13.4. The molecule has 1 heterocycles. The third kappa shape index (κ3) is 5.64. The van der Waals surface area contributed by atoms with Crippen molar-refractivity contribution in [1.82, 2.24) is 5.32 Å². The van der Waals surface area contributed by atoms with Gasteiger partial charge in [0.15, 0.2) is 0 Å². The molecule has 2 heteroatoms. The Balaban J connectivity index is 1.78. The second-order valence-corrected chi connectivity index (χ2v) is 7.41. The summed E-state index contributed by atoms with van der Waals surface area (Å²) in [5.74, 6) is 0.822. The molecular weight excluding hydrogens is 274 g/mol. The molecule has 0 amide bonds. The van der Waals surface area contributed by atoms with Gasteiger partial charge >= 0.3 is 0 Å². The van der Waals surface area contributed by atoms with Gasteiger partial charge in [0.25, 0.3) is 0 Å². The first-order chi connectivity index (χ1) is 10.1. The third-order valence-electron chi connectivity index (χ3n) is 3.76. The summed E-state index contributed by atoms with van der Waals surface area (Å²) in [7, 11) is 0. The summed E-state index contributed by atoms with van der Waals surface area (Å²) in [5, 5.41) is 3.65. The minimum absolute atomic E-state index is 0.603. The maximum atomic E-state index is 3.65. The van der Waals surface area contributed by atoms with Crippen LogP contribution in [0.1, 0.15) is 44.9 Å². The molecule has 2 aromatic rings. The predicted molar refractivity (Wildman–Crippen MR) is 94.7 cm³/mol. The Hall–Kier alpha value is -1.12. The van der Waals surface area contributed by atoms with Crippen LogP contribution in [0, 0.1) is 5.92 Å². The fourth-order valence-electron chi connectivity index (χ4n) is 2.44. The molecule has 0 fully saturated rings. The number of hydrogen-bond acceptors (Lipinski definition) is 2. The number of benzene rings is 1. The number of hydrogen-bond donors (Lipinski definition) is 1. The van der Waals surface area contributed by atoms with E-state index in [0.717, 1.165) is 12.5 Å². The van der Waals surface area contributed by atoms with Gasteiger partial charge in [-0.05, 0) is 37.0 Å². The van der Waals surface area contributed by atoms with E-state index < -0.39 is 0 Å². The van der Waals surface area contributed by atoms with Gasteiger partial charge in [-0.3, -0.25) is 0 Å². The highest BCUT2D eigenvalue weighted by Crippen LogP contribution is 2.27. The van der Waals surface area contributed by atoms with Crippen molar-refractivity contribution in [1.29, 1.82) is 0 Å². The van der Waals surface area contributed by atoms with Gasteiger partial charge in [-0.1, -0.05) is 57.0 Å². The second-order valence-electron chi connectivity index (χ2n) is 6.24. The van der Waals surface area contributed by atoms with E-state index in [9.17, 15) is 0 Å². The Labute approximate surface area is 133 Å². The third-order valence-corrected chi connectivity index (χ3v) is 4.90. The van der Waals surface area contributed by atoms with Crippen molar-refractivity contribution in [3.05, 3.63) is 47.3 Å². The molecule has 2 rings (SSSR count). The summed E-state index contributed by atoms with van der Waals surface area (Å²) in [4.78, 5) is 2.78. The van der Waals surface area contributed by atoms with Gasteiger partial charge in [0.2, 0.25) is 0 Å². The van der Waals surface area contributed by atoms with Gasteiger partial charge in [0.1, 0.15) is 0 Å². The molecule has 0 aliphatic heterocycles. The average molecular weight is 301 g/mol. The van der Waals surface area contributed by atoms with E-state index in [1.54, 1.807) is 0 Å². The molecular formula is C19H27NS. The smallest absolute Gasteiger partial charge is 0.0346 e. The monoisotopic (exact) mass is 301 g/mol. The highest BCUT2D eigenvalue weighted by Gasteiger charge is 2.05. The van der Waals surface area contributed by atoms with Crippen LogP contribution < -0.4 is 5.32 Å². The number of rotatable bonds is 8. The lowest BCUT2D eigenvalue weighted by Gasteiger charge is -2.13. The van der Waals surface area contributed by atoms with Crippen LogP contribution in [0.3, 0.4) is 0 Å². The Bertz CT molecular complexity index is 515. The van der Waals surface area contributed by atoms with Crippen LogP contribution in [0.15, 0.2) is 42.5 Å². The molecule has 0 radical (unpaired) electrons. The van der Waals surface area contributed by atoms with Crippen molar-refractivity contribution in [2.24, 2.45) is 5.92 Å². The molecule has 0 aliphatic rings. The summed E-state index contributed by atoms with van der Waals surface area (Å²) in [6.45, 7) is 7.89. The minimum atomic E-state index is 0.603. The summed E-state index contributed by atoms with van der Waals surface area (Å²) < 4.78 is 0. The quantitative estimate of drug-likeness (QED) is 0.657. The molecule has 1 nitrogen and oxygen atoms in total. The highest BCUT2D eigenvalue weighted by atomic mass is 32.1. The zero-order chi connectivity index (χ0) is 15.1. The maximum Gasteiger partial charge on any atom is 0.0346 e. The second kappa shape index (κ2) is 8.35. The molecule has 0 bridgehead atoms. The van der Waals surface area contributed by atoms with E-state index in [1.807, 2.05) is 11.3 Å². The van der Waals surface area contributed by atoms with Crippen LogP contribution in [-0.4, -0.2) is 6.04 Å². The molecule has 0 saturated heterocycles. The van der Waals surface area contributed by atoms with Crippen LogP contribution in [0.5, 0.6) is 0 Å². The van der Waals surface area contributed by atoms with Gasteiger partial charge < -0.3 is 5.32 Å². The first kappa shape index (κ1) is 16.3. The first-order valence-electron chi connectivity index (χ1n) is 8.02. The van der Waals surface area contributed by atoms with E-state index >= 15 is 0 Å². The molecule has 114 valence electrons. The van der Waals surface area contributed by atoms with Crippen molar-refractivity contribution < 1.29 is 0 Å². The lowest BCUT2D eigenvalue weighted by molar-refractivity contribution is 0.458. The Kier molecular flexibility index (Phi) is 6.47. The van der Waals surface area contributed by atoms with E-state index in [-0.39, 0.29) is 0 Å². The van der Waals surface area contributed by atoms with Crippen LogP contribution in [-0.2, 0) is 6.54 Å². The maximum absolute atomic E-state index is 3.65. The average Bonchev–Trinajstić information content (AvgIpc) is 2.94. The highest BCUT2D eigenvalue weighted by molar-refractivity contribution is 7.15. The topological polar surface area (TPSA) is 12.0 Å². The summed E-state index contributed by atoms with van der Waals surface area (Å²) >= 11 is 1.89.